The lowest BCUT2D eigenvalue weighted by Gasteiger charge is -2.33. The van der Waals surface area contributed by atoms with Gasteiger partial charge in [-0.2, -0.15) is 0 Å². The Morgan fingerprint density at radius 2 is 1.79 bits per heavy atom. The molecule has 2 fully saturated rings. The second-order valence-corrected chi connectivity index (χ2v) is 8.91. The maximum absolute atomic E-state index is 12.9. The van der Waals surface area contributed by atoms with Crippen molar-refractivity contribution in [2.75, 3.05) is 25.6 Å². The molecule has 3 rings (SSSR count). The van der Waals surface area contributed by atoms with Gasteiger partial charge in [-0.1, -0.05) is 24.6 Å². The molecule has 1 aliphatic heterocycles. The number of benzene rings is 1. The van der Waals surface area contributed by atoms with Crippen LogP contribution in [0.4, 0.5) is 10.5 Å². The summed E-state index contributed by atoms with van der Waals surface area (Å²) in [6.07, 6.45) is 3.25. The molecule has 0 unspecified atom stereocenters. The Bertz CT molecular complexity index is 804. The Morgan fingerprint density at radius 3 is 2.38 bits per heavy atom. The van der Waals surface area contributed by atoms with Crippen LogP contribution in [0, 0.1) is 26.7 Å². The van der Waals surface area contributed by atoms with Crippen molar-refractivity contribution in [1.82, 2.24) is 15.1 Å². The summed E-state index contributed by atoms with van der Waals surface area (Å²) >= 11 is 0. The van der Waals surface area contributed by atoms with E-state index < -0.39 is 5.54 Å². The second kappa shape index (κ2) is 8.14. The number of hydrogen-bond acceptors (Lipinski definition) is 4. The van der Waals surface area contributed by atoms with Crippen LogP contribution in [0.5, 0.6) is 0 Å². The van der Waals surface area contributed by atoms with Crippen LogP contribution in [-0.4, -0.2) is 53.4 Å². The first-order valence-corrected chi connectivity index (χ1v) is 10.3. The van der Waals surface area contributed by atoms with Crippen molar-refractivity contribution in [2.24, 2.45) is 5.92 Å². The van der Waals surface area contributed by atoms with Crippen LogP contribution in [0.15, 0.2) is 12.1 Å². The van der Waals surface area contributed by atoms with E-state index in [1.807, 2.05) is 32.9 Å². The van der Waals surface area contributed by atoms with Crippen LogP contribution in [0.3, 0.4) is 0 Å². The van der Waals surface area contributed by atoms with E-state index in [0.717, 1.165) is 35.2 Å². The number of carbonyl (C=O) groups is 3. The monoisotopic (exact) mass is 400 g/mol. The molecule has 1 spiro atoms. The van der Waals surface area contributed by atoms with Gasteiger partial charge in [0.15, 0.2) is 0 Å². The predicted octanol–water partition coefficient (Wildman–Crippen LogP) is 2.94. The van der Waals surface area contributed by atoms with Crippen LogP contribution >= 0.6 is 0 Å². The lowest BCUT2D eigenvalue weighted by Crippen LogP contribution is -2.50. The number of likely N-dealkylation sites (N-methyl/N-ethyl adjacent to an activating group) is 1. The highest BCUT2D eigenvalue weighted by Crippen LogP contribution is 2.36. The molecule has 2 aliphatic rings. The molecule has 0 aromatic heterocycles. The number of carbonyl (C=O) groups excluding carboxylic acids is 3. The molecule has 158 valence electrons. The minimum absolute atomic E-state index is 0.0911. The molecule has 0 bridgehead atoms. The number of hydrogen-bond donors (Lipinski definition) is 2. The van der Waals surface area contributed by atoms with Crippen molar-refractivity contribution in [3.63, 3.8) is 0 Å². The highest BCUT2D eigenvalue weighted by atomic mass is 16.2. The van der Waals surface area contributed by atoms with E-state index in [1.165, 1.54) is 4.90 Å². The van der Waals surface area contributed by atoms with E-state index in [2.05, 4.69) is 17.6 Å². The smallest absolute Gasteiger partial charge is 0.324 e. The molecule has 7 nitrogen and oxygen atoms in total. The van der Waals surface area contributed by atoms with E-state index in [1.54, 1.807) is 11.9 Å². The summed E-state index contributed by atoms with van der Waals surface area (Å²) in [4.78, 5) is 40.8. The Morgan fingerprint density at radius 1 is 1.21 bits per heavy atom. The fourth-order valence-electron chi connectivity index (χ4n) is 4.49. The maximum Gasteiger partial charge on any atom is 0.326 e. The Balaban J connectivity index is 1.59. The number of amides is 4. The van der Waals surface area contributed by atoms with Crippen LogP contribution in [0.1, 0.15) is 49.3 Å². The standard InChI is InChI=1S/C22H32N4O3/c1-14-6-8-22(9-7-14)20(28)26(21(29)24-22)13-25(5)12-18(27)23-19-16(3)10-15(2)11-17(19)4/h10-11,14H,6-9,12-13H2,1-5H3,(H,23,27)(H,24,29). The number of aryl methyl sites for hydroxylation is 3. The van der Waals surface area contributed by atoms with Gasteiger partial charge in [0, 0.05) is 5.69 Å². The first-order chi connectivity index (χ1) is 13.6. The minimum Gasteiger partial charge on any atom is -0.324 e. The average Bonchev–Trinajstić information content (AvgIpc) is 2.85. The molecule has 1 heterocycles. The van der Waals surface area contributed by atoms with Gasteiger partial charge in [0.25, 0.3) is 5.91 Å². The molecule has 1 saturated heterocycles. The van der Waals surface area contributed by atoms with E-state index in [-0.39, 0.29) is 31.1 Å². The number of imide groups is 1. The van der Waals surface area contributed by atoms with Gasteiger partial charge >= 0.3 is 6.03 Å². The maximum atomic E-state index is 12.9. The van der Waals surface area contributed by atoms with Crippen LogP contribution in [-0.2, 0) is 9.59 Å². The molecule has 2 N–H and O–H groups in total. The number of anilines is 1. The molecule has 1 aliphatic carbocycles. The third kappa shape index (κ3) is 4.45. The van der Waals surface area contributed by atoms with Gasteiger partial charge in [0.2, 0.25) is 5.91 Å². The lowest BCUT2D eigenvalue weighted by molar-refractivity contribution is -0.134. The van der Waals surface area contributed by atoms with E-state index in [4.69, 9.17) is 0 Å². The van der Waals surface area contributed by atoms with Crippen molar-refractivity contribution in [2.45, 2.75) is 58.9 Å². The fourth-order valence-corrected chi connectivity index (χ4v) is 4.49. The Labute approximate surface area is 172 Å². The topological polar surface area (TPSA) is 81.8 Å². The lowest BCUT2D eigenvalue weighted by atomic mass is 9.77. The molecular weight excluding hydrogens is 368 g/mol. The van der Waals surface area contributed by atoms with Crippen molar-refractivity contribution in [3.05, 3.63) is 28.8 Å². The van der Waals surface area contributed by atoms with Gasteiger partial charge in [0.05, 0.1) is 13.2 Å². The summed E-state index contributed by atoms with van der Waals surface area (Å²) in [6.45, 7) is 8.33. The van der Waals surface area contributed by atoms with Crippen molar-refractivity contribution < 1.29 is 14.4 Å². The first-order valence-electron chi connectivity index (χ1n) is 10.3. The van der Waals surface area contributed by atoms with Crippen LogP contribution < -0.4 is 10.6 Å². The van der Waals surface area contributed by atoms with Crippen molar-refractivity contribution in [1.29, 1.82) is 0 Å². The molecule has 0 atom stereocenters. The number of rotatable bonds is 5. The van der Waals surface area contributed by atoms with Crippen molar-refractivity contribution in [3.8, 4) is 0 Å². The third-order valence-corrected chi connectivity index (χ3v) is 6.11. The summed E-state index contributed by atoms with van der Waals surface area (Å²) in [6, 6.07) is 3.70. The summed E-state index contributed by atoms with van der Waals surface area (Å²) < 4.78 is 0. The number of nitrogens with zero attached hydrogens (tertiary/aromatic N) is 2. The highest BCUT2D eigenvalue weighted by molar-refractivity contribution is 6.07. The van der Waals surface area contributed by atoms with Gasteiger partial charge in [-0.15, -0.1) is 0 Å². The fraction of sp³-hybridized carbons (Fsp3) is 0.591. The van der Waals surface area contributed by atoms with Gasteiger partial charge < -0.3 is 10.6 Å². The minimum atomic E-state index is -0.747. The largest absolute Gasteiger partial charge is 0.326 e. The zero-order valence-corrected chi connectivity index (χ0v) is 18.1. The molecule has 7 heteroatoms. The summed E-state index contributed by atoms with van der Waals surface area (Å²) in [5.41, 5.74) is 3.25. The molecule has 4 amide bonds. The normalized spacial score (nSPS) is 24.3. The first kappa shape index (κ1) is 21.3. The van der Waals surface area contributed by atoms with Crippen molar-refractivity contribution >= 4 is 23.5 Å². The third-order valence-electron chi connectivity index (χ3n) is 6.11. The summed E-state index contributed by atoms with van der Waals surface area (Å²) in [5, 5.41) is 5.88. The molecular formula is C22H32N4O3. The highest BCUT2D eigenvalue weighted by Gasteiger charge is 2.52. The number of urea groups is 1. The Hall–Kier alpha value is -2.41. The predicted molar refractivity (Wildman–Crippen MR) is 113 cm³/mol. The molecule has 1 aromatic rings. The summed E-state index contributed by atoms with van der Waals surface area (Å²) in [7, 11) is 1.74. The summed E-state index contributed by atoms with van der Waals surface area (Å²) in [5.74, 6) is 0.252. The van der Waals surface area contributed by atoms with Crippen LogP contribution in [0.2, 0.25) is 0 Å². The van der Waals surface area contributed by atoms with E-state index in [9.17, 15) is 14.4 Å². The van der Waals surface area contributed by atoms with E-state index in [0.29, 0.717) is 18.8 Å². The quantitative estimate of drug-likeness (QED) is 0.745. The average molecular weight is 401 g/mol. The molecule has 0 radical (unpaired) electrons. The van der Waals surface area contributed by atoms with Gasteiger partial charge in [-0.05, 0) is 70.5 Å². The Kier molecular flexibility index (Phi) is 5.98. The van der Waals surface area contributed by atoms with E-state index >= 15 is 0 Å². The van der Waals surface area contributed by atoms with Crippen LogP contribution in [0.25, 0.3) is 0 Å². The molecule has 29 heavy (non-hydrogen) atoms. The zero-order valence-electron chi connectivity index (χ0n) is 18.1. The van der Waals surface area contributed by atoms with Gasteiger partial charge in [-0.25, -0.2) is 9.69 Å². The zero-order chi connectivity index (χ0) is 21.3. The number of nitrogens with one attached hydrogen (secondary N) is 2. The van der Waals surface area contributed by atoms with Gasteiger partial charge in [-0.3, -0.25) is 14.5 Å². The SMILES string of the molecule is Cc1cc(C)c(NC(=O)CN(C)CN2C(=O)NC3(CCC(C)CC3)C2=O)c(C)c1. The second-order valence-electron chi connectivity index (χ2n) is 8.91. The van der Waals surface area contributed by atoms with Gasteiger partial charge in [0.1, 0.15) is 5.54 Å². The molecule has 1 aromatic carbocycles. The molecule has 1 saturated carbocycles.